The molecule has 4 heteroatoms. The molecule has 92 valence electrons. The maximum Gasteiger partial charge on any atom is 0.134 e. The second-order valence-corrected chi connectivity index (χ2v) is 6.55. The summed E-state index contributed by atoms with van der Waals surface area (Å²) in [6.07, 6.45) is 8.05. The molecule has 0 aliphatic heterocycles. The molecule has 2 aliphatic rings. The van der Waals surface area contributed by atoms with Crippen molar-refractivity contribution in [2.45, 2.75) is 49.5 Å². The first-order valence-corrected chi connectivity index (χ1v) is 7.85. The second kappa shape index (κ2) is 5.15. The lowest BCUT2D eigenvalue weighted by atomic mass is 10.1. The third-order valence-corrected chi connectivity index (χ3v) is 4.91. The van der Waals surface area contributed by atoms with Crippen molar-refractivity contribution >= 4 is 23.4 Å². The predicted molar refractivity (Wildman–Crippen MR) is 71.7 cm³/mol. The van der Waals surface area contributed by atoms with Crippen LogP contribution in [0.3, 0.4) is 0 Å². The molecule has 1 aromatic rings. The highest BCUT2D eigenvalue weighted by Gasteiger charge is 2.27. The van der Waals surface area contributed by atoms with Gasteiger partial charge in [-0.3, -0.25) is 0 Å². The Kier molecular flexibility index (Phi) is 3.57. The van der Waals surface area contributed by atoms with E-state index in [0.29, 0.717) is 11.1 Å². The van der Waals surface area contributed by atoms with Gasteiger partial charge < -0.3 is 0 Å². The summed E-state index contributed by atoms with van der Waals surface area (Å²) < 4.78 is 0. The largest absolute Gasteiger partial charge is 0.226 e. The first-order valence-electron chi connectivity index (χ1n) is 6.48. The van der Waals surface area contributed by atoms with Crippen molar-refractivity contribution < 1.29 is 0 Å². The molecule has 2 nitrogen and oxygen atoms in total. The van der Waals surface area contributed by atoms with Crippen molar-refractivity contribution in [2.75, 3.05) is 5.75 Å². The molecule has 2 aliphatic carbocycles. The van der Waals surface area contributed by atoms with E-state index in [9.17, 15) is 0 Å². The Morgan fingerprint density at radius 2 is 1.94 bits per heavy atom. The van der Waals surface area contributed by atoms with Gasteiger partial charge >= 0.3 is 0 Å². The minimum absolute atomic E-state index is 0.583. The van der Waals surface area contributed by atoms with Crippen molar-refractivity contribution in [2.24, 2.45) is 5.92 Å². The minimum Gasteiger partial charge on any atom is -0.226 e. The van der Waals surface area contributed by atoms with Crippen LogP contribution in [0.1, 0.15) is 50.3 Å². The van der Waals surface area contributed by atoms with Crippen molar-refractivity contribution in [1.29, 1.82) is 0 Å². The fourth-order valence-corrected chi connectivity index (χ4v) is 3.74. The Morgan fingerprint density at radius 1 is 1.18 bits per heavy atom. The molecule has 0 radical (unpaired) electrons. The van der Waals surface area contributed by atoms with E-state index in [4.69, 9.17) is 11.6 Å². The van der Waals surface area contributed by atoms with Crippen molar-refractivity contribution in [3.05, 3.63) is 17.0 Å². The number of nitrogens with zero attached hydrogens (tertiary/aromatic N) is 2. The first kappa shape index (κ1) is 11.8. The highest BCUT2D eigenvalue weighted by molar-refractivity contribution is 7.99. The van der Waals surface area contributed by atoms with Crippen LogP contribution in [-0.2, 0) is 0 Å². The Morgan fingerprint density at radius 3 is 2.65 bits per heavy atom. The monoisotopic (exact) mass is 268 g/mol. The van der Waals surface area contributed by atoms with E-state index in [1.165, 1.54) is 44.3 Å². The zero-order chi connectivity index (χ0) is 11.7. The van der Waals surface area contributed by atoms with E-state index in [2.05, 4.69) is 9.97 Å². The lowest BCUT2D eigenvalue weighted by Crippen LogP contribution is -1.99. The Labute approximate surface area is 112 Å². The lowest BCUT2D eigenvalue weighted by molar-refractivity contribution is 0.622. The van der Waals surface area contributed by atoms with Crippen LogP contribution in [0.25, 0.3) is 0 Å². The van der Waals surface area contributed by atoms with E-state index in [-0.39, 0.29) is 0 Å². The van der Waals surface area contributed by atoms with Gasteiger partial charge in [-0.15, -0.1) is 11.8 Å². The average molecular weight is 269 g/mol. The summed E-state index contributed by atoms with van der Waals surface area (Å²) in [6.45, 7) is 0. The third kappa shape index (κ3) is 3.14. The molecule has 0 aromatic carbocycles. The highest BCUT2D eigenvalue weighted by atomic mass is 35.5. The highest BCUT2D eigenvalue weighted by Crippen LogP contribution is 2.39. The van der Waals surface area contributed by atoms with E-state index < -0.39 is 0 Å². The van der Waals surface area contributed by atoms with Gasteiger partial charge in [0.25, 0.3) is 0 Å². The quantitative estimate of drug-likeness (QED) is 0.602. The number of thioether (sulfide) groups is 1. The first-order chi connectivity index (χ1) is 8.31. The van der Waals surface area contributed by atoms with E-state index >= 15 is 0 Å². The number of aromatic nitrogens is 2. The Bertz CT molecular complexity index is 400. The van der Waals surface area contributed by atoms with Gasteiger partial charge in [-0.25, -0.2) is 9.97 Å². The van der Waals surface area contributed by atoms with Gasteiger partial charge in [0.05, 0.1) is 0 Å². The molecule has 0 bridgehead atoms. The molecular formula is C13H17ClN2S. The van der Waals surface area contributed by atoms with E-state index in [1.807, 2.05) is 17.8 Å². The summed E-state index contributed by atoms with van der Waals surface area (Å²) in [6, 6.07) is 1.91. The van der Waals surface area contributed by atoms with Gasteiger partial charge in [0.1, 0.15) is 16.0 Å². The van der Waals surface area contributed by atoms with E-state index in [1.54, 1.807) is 0 Å². The Balaban J connectivity index is 1.64. The van der Waals surface area contributed by atoms with Crippen LogP contribution in [0.2, 0.25) is 5.15 Å². The van der Waals surface area contributed by atoms with Crippen LogP contribution in [0.5, 0.6) is 0 Å². The third-order valence-electron chi connectivity index (χ3n) is 3.57. The summed E-state index contributed by atoms with van der Waals surface area (Å²) in [5.74, 6) is 3.63. The molecule has 0 saturated heterocycles. The van der Waals surface area contributed by atoms with Gasteiger partial charge in [-0.2, -0.15) is 0 Å². The molecule has 0 amide bonds. The SMILES string of the molecule is Clc1cc(SCC2CCCC2)nc(C2CC2)n1. The smallest absolute Gasteiger partial charge is 0.134 e. The summed E-state index contributed by atoms with van der Waals surface area (Å²) in [5.41, 5.74) is 0. The molecule has 1 heterocycles. The molecule has 2 saturated carbocycles. The Hall–Kier alpha value is -0.280. The summed E-state index contributed by atoms with van der Waals surface area (Å²) in [7, 11) is 0. The number of hydrogen-bond acceptors (Lipinski definition) is 3. The molecule has 1 aromatic heterocycles. The van der Waals surface area contributed by atoms with Crippen molar-refractivity contribution in [3.8, 4) is 0 Å². The van der Waals surface area contributed by atoms with Crippen LogP contribution in [-0.4, -0.2) is 15.7 Å². The molecular weight excluding hydrogens is 252 g/mol. The van der Waals surface area contributed by atoms with Crippen LogP contribution in [0.4, 0.5) is 0 Å². The maximum atomic E-state index is 6.05. The summed E-state index contributed by atoms with van der Waals surface area (Å²) >= 11 is 7.91. The summed E-state index contributed by atoms with van der Waals surface area (Å²) in [4.78, 5) is 8.94. The zero-order valence-electron chi connectivity index (χ0n) is 9.86. The molecule has 0 unspecified atom stereocenters. The van der Waals surface area contributed by atoms with Crippen LogP contribution >= 0.6 is 23.4 Å². The number of halogens is 1. The number of rotatable bonds is 4. The molecule has 17 heavy (non-hydrogen) atoms. The molecule has 2 fully saturated rings. The van der Waals surface area contributed by atoms with Gasteiger partial charge in [-0.05, 0) is 31.6 Å². The molecule has 3 rings (SSSR count). The van der Waals surface area contributed by atoms with Gasteiger partial charge in [-0.1, -0.05) is 24.4 Å². The standard InChI is InChI=1S/C13H17ClN2S/c14-11-7-12(16-13(15-11)10-5-6-10)17-8-9-3-1-2-4-9/h7,9-10H,1-6,8H2. The molecule has 0 atom stereocenters. The maximum absolute atomic E-state index is 6.05. The van der Waals surface area contributed by atoms with Crippen LogP contribution < -0.4 is 0 Å². The number of hydrogen-bond donors (Lipinski definition) is 0. The van der Waals surface area contributed by atoms with E-state index in [0.717, 1.165) is 16.8 Å². The minimum atomic E-state index is 0.583. The fourth-order valence-electron chi connectivity index (χ4n) is 2.39. The molecule has 0 spiro atoms. The second-order valence-electron chi connectivity index (χ2n) is 5.12. The summed E-state index contributed by atoms with van der Waals surface area (Å²) in [5, 5.41) is 1.68. The lowest BCUT2D eigenvalue weighted by Gasteiger charge is -2.08. The average Bonchev–Trinajstić information content (AvgIpc) is 3.04. The molecule has 0 N–H and O–H groups in total. The van der Waals surface area contributed by atoms with Crippen molar-refractivity contribution in [1.82, 2.24) is 9.97 Å². The van der Waals surface area contributed by atoms with Gasteiger partial charge in [0, 0.05) is 17.7 Å². The van der Waals surface area contributed by atoms with Crippen molar-refractivity contribution in [3.63, 3.8) is 0 Å². The zero-order valence-corrected chi connectivity index (χ0v) is 11.4. The normalized spacial score (nSPS) is 21.0. The van der Waals surface area contributed by atoms with Crippen LogP contribution in [0.15, 0.2) is 11.1 Å². The van der Waals surface area contributed by atoms with Crippen LogP contribution in [0, 0.1) is 5.92 Å². The predicted octanol–water partition coefficient (Wildman–Crippen LogP) is 4.29. The van der Waals surface area contributed by atoms with Gasteiger partial charge in [0.2, 0.25) is 0 Å². The topological polar surface area (TPSA) is 25.8 Å². The van der Waals surface area contributed by atoms with Gasteiger partial charge in [0.15, 0.2) is 0 Å². The fraction of sp³-hybridized carbons (Fsp3) is 0.692.